The van der Waals surface area contributed by atoms with Crippen molar-refractivity contribution in [2.45, 2.75) is 32.3 Å². The van der Waals surface area contributed by atoms with E-state index in [1.807, 2.05) is 37.3 Å². The Bertz CT molecular complexity index is 680. The fraction of sp³-hybridized carbons (Fsp3) is 0.412. The van der Waals surface area contributed by atoms with Gasteiger partial charge in [0.05, 0.1) is 12.2 Å². The van der Waals surface area contributed by atoms with Crippen LogP contribution in [0.4, 0.5) is 0 Å². The van der Waals surface area contributed by atoms with Crippen molar-refractivity contribution in [1.82, 2.24) is 9.88 Å². The van der Waals surface area contributed by atoms with Gasteiger partial charge in [-0.1, -0.05) is 37.3 Å². The number of carbonyl (C=O) groups excluding carboxylic acids is 1. The second kappa shape index (κ2) is 5.57. The number of oxazole rings is 1. The first-order chi connectivity index (χ1) is 10.5. The summed E-state index contributed by atoms with van der Waals surface area (Å²) in [6.07, 6.45) is 1.18. The van der Waals surface area contributed by atoms with Gasteiger partial charge in [-0.2, -0.15) is 0 Å². The van der Waals surface area contributed by atoms with Gasteiger partial charge in [0.25, 0.3) is 5.91 Å². The average molecular weight is 300 g/mol. The molecule has 1 N–H and O–H groups in total. The average Bonchev–Trinajstić information content (AvgIpc) is 3.12. The van der Waals surface area contributed by atoms with Crippen LogP contribution in [-0.2, 0) is 12.0 Å². The second-order valence-corrected chi connectivity index (χ2v) is 5.75. The van der Waals surface area contributed by atoms with Crippen molar-refractivity contribution in [3.63, 3.8) is 0 Å². The maximum atomic E-state index is 12.6. The third kappa shape index (κ3) is 2.52. The molecule has 3 rings (SSSR count). The van der Waals surface area contributed by atoms with E-state index in [-0.39, 0.29) is 18.2 Å². The molecule has 1 aromatic heterocycles. The fourth-order valence-electron chi connectivity index (χ4n) is 2.90. The van der Waals surface area contributed by atoms with Gasteiger partial charge < -0.3 is 14.4 Å². The highest BCUT2D eigenvalue weighted by Gasteiger charge is 2.40. The first kappa shape index (κ1) is 14.8. The minimum absolute atomic E-state index is 0.198. The highest BCUT2D eigenvalue weighted by Crippen LogP contribution is 2.32. The smallest absolute Gasteiger partial charge is 0.291 e. The summed E-state index contributed by atoms with van der Waals surface area (Å²) >= 11 is 0. The number of benzene rings is 1. The van der Waals surface area contributed by atoms with E-state index >= 15 is 0 Å². The van der Waals surface area contributed by atoms with Gasteiger partial charge in [0, 0.05) is 13.0 Å². The molecule has 5 nitrogen and oxygen atoms in total. The molecule has 0 saturated carbocycles. The number of hydrogen-bond donors (Lipinski definition) is 1. The second-order valence-electron chi connectivity index (χ2n) is 5.75. The molecule has 0 aliphatic carbocycles. The zero-order valence-corrected chi connectivity index (χ0v) is 12.9. The van der Waals surface area contributed by atoms with E-state index in [1.165, 1.54) is 0 Å². The van der Waals surface area contributed by atoms with Crippen molar-refractivity contribution in [2.24, 2.45) is 0 Å². The molecule has 1 aliphatic heterocycles. The van der Waals surface area contributed by atoms with Gasteiger partial charge in [0.1, 0.15) is 5.60 Å². The van der Waals surface area contributed by atoms with Crippen LogP contribution in [0.15, 0.2) is 34.7 Å². The maximum absolute atomic E-state index is 12.6. The third-order valence-corrected chi connectivity index (χ3v) is 4.18. The summed E-state index contributed by atoms with van der Waals surface area (Å²) in [5, 5.41) is 10.8. The number of carbonyl (C=O) groups is 1. The monoisotopic (exact) mass is 300 g/mol. The summed E-state index contributed by atoms with van der Waals surface area (Å²) in [4.78, 5) is 18.5. The number of aryl methyl sites for hydroxylation is 2. The number of amides is 1. The van der Waals surface area contributed by atoms with Crippen LogP contribution in [0.3, 0.4) is 0 Å². The first-order valence-corrected chi connectivity index (χ1v) is 7.57. The van der Waals surface area contributed by atoms with Crippen LogP contribution in [0, 0.1) is 6.92 Å². The lowest BCUT2D eigenvalue weighted by molar-refractivity contribution is 0.0407. The number of rotatable bonds is 3. The predicted molar refractivity (Wildman–Crippen MR) is 81.5 cm³/mol. The molecule has 0 radical (unpaired) electrons. The molecule has 5 heteroatoms. The van der Waals surface area contributed by atoms with E-state index in [0.29, 0.717) is 31.0 Å². The molecule has 1 fully saturated rings. The fourth-order valence-corrected chi connectivity index (χ4v) is 2.90. The number of aromatic nitrogens is 1. The molecule has 1 saturated heterocycles. The molecule has 1 aliphatic rings. The van der Waals surface area contributed by atoms with Gasteiger partial charge in [0.15, 0.2) is 5.89 Å². The Balaban J connectivity index is 1.80. The summed E-state index contributed by atoms with van der Waals surface area (Å²) in [5.74, 6) is 0.657. The van der Waals surface area contributed by atoms with Crippen LogP contribution in [-0.4, -0.2) is 34.0 Å². The van der Waals surface area contributed by atoms with Crippen LogP contribution in [0.2, 0.25) is 0 Å². The highest BCUT2D eigenvalue weighted by atomic mass is 16.4. The summed E-state index contributed by atoms with van der Waals surface area (Å²) in [6, 6.07) is 9.48. The van der Waals surface area contributed by atoms with Crippen LogP contribution < -0.4 is 0 Å². The quantitative estimate of drug-likeness (QED) is 0.944. The van der Waals surface area contributed by atoms with E-state index in [0.717, 1.165) is 5.56 Å². The summed E-state index contributed by atoms with van der Waals surface area (Å²) in [6.45, 7) is 4.49. The van der Waals surface area contributed by atoms with Crippen LogP contribution in [0.25, 0.3) is 0 Å². The number of likely N-dealkylation sites (tertiary alicyclic amines) is 1. The van der Waals surface area contributed by atoms with E-state index in [9.17, 15) is 9.90 Å². The van der Waals surface area contributed by atoms with Crippen molar-refractivity contribution in [1.29, 1.82) is 0 Å². The molecule has 0 bridgehead atoms. The summed E-state index contributed by atoms with van der Waals surface area (Å²) in [7, 11) is 0. The van der Waals surface area contributed by atoms with E-state index in [2.05, 4.69) is 4.98 Å². The van der Waals surface area contributed by atoms with Gasteiger partial charge in [0.2, 0.25) is 5.76 Å². The number of aliphatic hydroxyl groups is 1. The molecule has 1 amide bonds. The number of β-amino-alcohol motifs (C(OH)–C–C–N with tert-alkyl or cyclic N) is 1. The summed E-state index contributed by atoms with van der Waals surface area (Å²) in [5.41, 5.74) is 0.462. The molecule has 0 spiro atoms. The number of nitrogens with zero attached hydrogens (tertiary/aromatic N) is 2. The highest BCUT2D eigenvalue weighted by molar-refractivity contribution is 5.92. The van der Waals surface area contributed by atoms with Gasteiger partial charge in [-0.3, -0.25) is 4.79 Å². The Hall–Kier alpha value is -2.14. The topological polar surface area (TPSA) is 66.6 Å². The van der Waals surface area contributed by atoms with Crippen molar-refractivity contribution >= 4 is 5.91 Å². The van der Waals surface area contributed by atoms with Crippen LogP contribution >= 0.6 is 0 Å². The van der Waals surface area contributed by atoms with Crippen LogP contribution in [0.5, 0.6) is 0 Å². The molecule has 0 unspecified atom stereocenters. The van der Waals surface area contributed by atoms with Gasteiger partial charge in [-0.05, 0) is 18.9 Å². The van der Waals surface area contributed by atoms with E-state index in [4.69, 9.17) is 4.42 Å². The lowest BCUT2D eigenvalue weighted by Crippen LogP contribution is -2.34. The first-order valence-electron chi connectivity index (χ1n) is 7.57. The maximum Gasteiger partial charge on any atom is 0.291 e. The van der Waals surface area contributed by atoms with Crippen molar-refractivity contribution in [3.8, 4) is 0 Å². The zero-order chi connectivity index (χ0) is 15.7. The lowest BCUT2D eigenvalue weighted by Gasteiger charge is -2.23. The van der Waals surface area contributed by atoms with Crippen molar-refractivity contribution < 1.29 is 14.3 Å². The standard InChI is InChI=1S/C17H20N2O3/c1-3-14-18-12(2)15(22-14)16(20)19-10-9-17(21,11-19)13-7-5-4-6-8-13/h4-8,21H,3,9-11H2,1-2H3/t17-/m1/s1. The Labute approximate surface area is 129 Å². The molecular formula is C17H20N2O3. The molecule has 2 heterocycles. The largest absolute Gasteiger partial charge is 0.435 e. The minimum atomic E-state index is -0.988. The minimum Gasteiger partial charge on any atom is -0.435 e. The van der Waals surface area contributed by atoms with Crippen molar-refractivity contribution in [2.75, 3.05) is 13.1 Å². The number of hydrogen-bond acceptors (Lipinski definition) is 4. The van der Waals surface area contributed by atoms with E-state index < -0.39 is 5.60 Å². The molecule has 116 valence electrons. The molecule has 1 atom stereocenters. The molecule has 22 heavy (non-hydrogen) atoms. The van der Waals surface area contributed by atoms with Gasteiger partial charge in [-0.15, -0.1) is 0 Å². The normalized spacial score (nSPS) is 21.3. The zero-order valence-electron chi connectivity index (χ0n) is 12.9. The third-order valence-electron chi connectivity index (χ3n) is 4.18. The Morgan fingerprint density at radius 1 is 1.41 bits per heavy atom. The molecular weight excluding hydrogens is 280 g/mol. The SMILES string of the molecule is CCc1nc(C)c(C(=O)N2CC[C@](O)(c3ccccc3)C2)o1. The van der Waals surface area contributed by atoms with Crippen molar-refractivity contribution in [3.05, 3.63) is 53.2 Å². The van der Waals surface area contributed by atoms with Gasteiger partial charge >= 0.3 is 0 Å². The molecule has 2 aromatic rings. The molecule has 1 aromatic carbocycles. The van der Waals surface area contributed by atoms with E-state index in [1.54, 1.807) is 11.8 Å². The Morgan fingerprint density at radius 2 is 2.14 bits per heavy atom. The lowest BCUT2D eigenvalue weighted by atomic mass is 9.93. The Kier molecular flexibility index (Phi) is 3.74. The summed E-state index contributed by atoms with van der Waals surface area (Å²) < 4.78 is 5.53. The predicted octanol–water partition coefficient (Wildman–Crippen LogP) is 2.28. The van der Waals surface area contributed by atoms with Crippen LogP contribution in [0.1, 0.15) is 41.0 Å². The van der Waals surface area contributed by atoms with Gasteiger partial charge in [-0.25, -0.2) is 4.98 Å². The Morgan fingerprint density at radius 3 is 2.77 bits per heavy atom.